The molecule has 0 aliphatic carbocycles. The van der Waals surface area contributed by atoms with Gasteiger partial charge in [0.2, 0.25) is 0 Å². The molecule has 3 rings (SSSR count). The van der Waals surface area contributed by atoms with Gasteiger partial charge in [-0.2, -0.15) is 0 Å². The largest absolute Gasteiger partial charge is 0.147 e. The first-order chi connectivity index (χ1) is 12.8. The highest BCUT2D eigenvalue weighted by Gasteiger charge is 2.05. The normalized spacial score (nSPS) is 11.0. The second kappa shape index (κ2) is 9.63. The van der Waals surface area contributed by atoms with Crippen molar-refractivity contribution in [3.05, 3.63) is 70.2 Å². The van der Waals surface area contributed by atoms with E-state index in [0.29, 0.717) is 0 Å². The number of aryl methyl sites for hydroxylation is 4. The Labute approximate surface area is 161 Å². The first-order valence-electron chi connectivity index (χ1n) is 9.78. The fourth-order valence-electron chi connectivity index (χ4n) is 3.07. The van der Waals surface area contributed by atoms with E-state index in [4.69, 9.17) is 0 Å². The Balaban J connectivity index is 1.53. The van der Waals surface area contributed by atoms with Gasteiger partial charge in [-0.15, -0.1) is 10.2 Å². The zero-order valence-electron chi connectivity index (χ0n) is 15.9. The molecule has 0 N–H and O–H groups in total. The van der Waals surface area contributed by atoms with Crippen LogP contribution < -0.4 is 0 Å². The van der Waals surface area contributed by atoms with Gasteiger partial charge in [-0.3, -0.25) is 0 Å². The average Bonchev–Trinajstić information content (AvgIpc) is 3.17. The van der Waals surface area contributed by atoms with Gasteiger partial charge >= 0.3 is 0 Å². The highest BCUT2D eigenvalue weighted by Crippen LogP contribution is 2.24. The van der Waals surface area contributed by atoms with Crippen molar-refractivity contribution >= 4 is 11.3 Å². The maximum absolute atomic E-state index is 4.28. The van der Waals surface area contributed by atoms with Crippen molar-refractivity contribution in [2.75, 3.05) is 0 Å². The first kappa shape index (κ1) is 18.8. The number of benzene rings is 2. The molecule has 0 aliphatic rings. The highest BCUT2D eigenvalue weighted by molar-refractivity contribution is 7.14. The van der Waals surface area contributed by atoms with Crippen LogP contribution >= 0.6 is 11.3 Å². The SMILES string of the molecule is CCCCCc1ccc(CCc2ccc(-c3nnc(CC)s3)cc2)cc1. The van der Waals surface area contributed by atoms with Crippen molar-refractivity contribution in [3.8, 4) is 10.6 Å². The molecule has 2 nitrogen and oxygen atoms in total. The lowest BCUT2D eigenvalue weighted by Gasteiger charge is -2.05. The minimum absolute atomic E-state index is 0.952. The summed E-state index contributed by atoms with van der Waals surface area (Å²) in [5, 5.41) is 10.6. The molecule has 0 radical (unpaired) electrons. The van der Waals surface area contributed by atoms with E-state index in [2.05, 4.69) is 72.6 Å². The summed E-state index contributed by atoms with van der Waals surface area (Å²) in [6.45, 7) is 4.37. The van der Waals surface area contributed by atoms with Crippen LogP contribution in [-0.4, -0.2) is 10.2 Å². The molecule has 0 saturated heterocycles. The van der Waals surface area contributed by atoms with Crippen LogP contribution in [0.15, 0.2) is 48.5 Å². The van der Waals surface area contributed by atoms with Crippen LogP contribution in [0.1, 0.15) is 54.8 Å². The van der Waals surface area contributed by atoms with Gasteiger partial charge in [-0.05, 0) is 48.8 Å². The van der Waals surface area contributed by atoms with Crippen LogP contribution in [0, 0.1) is 0 Å². The van der Waals surface area contributed by atoms with E-state index in [0.717, 1.165) is 29.3 Å². The Hall–Kier alpha value is -2.00. The molecule has 2 aromatic carbocycles. The Bertz CT molecular complexity index is 788. The van der Waals surface area contributed by atoms with Crippen LogP contribution in [0.4, 0.5) is 0 Å². The summed E-state index contributed by atoms with van der Waals surface area (Å²) in [6.07, 6.45) is 8.24. The fraction of sp³-hybridized carbons (Fsp3) is 0.391. The quantitative estimate of drug-likeness (QED) is 0.417. The number of rotatable bonds is 9. The Morgan fingerprint density at radius 3 is 1.81 bits per heavy atom. The highest BCUT2D eigenvalue weighted by atomic mass is 32.1. The van der Waals surface area contributed by atoms with Crippen molar-refractivity contribution in [1.82, 2.24) is 10.2 Å². The lowest BCUT2D eigenvalue weighted by atomic mass is 10.0. The van der Waals surface area contributed by atoms with Gasteiger partial charge in [-0.1, -0.05) is 86.6 Å². The Kier molecular flexibility index (Phi) is 6.96. The molecule has 1 aromatic heterocycles. The summed E-state index contributed by atoms with van der Waals surface area (Å²) in [7, 11) is 0. The molecule has 0 bridgehead atoms. The zero-order chi connectivity index (χ0) is 18.2. The molecule has 0 fully saturated rings. The molecular formula is C23H28N2S. The van der Waals surface area contributed by atoms with Gasteiger partial charge < -0.3 is 0 Å². The van der Waals surface area contributed by atoms with Gasteiger partial charge in [0.05, 0.1) is 0 Å². The van der Waals surface area contributed by atoms with Gasteiger partial charge in [0, 0.05) is 5.56 Å². The minimum Gasteiger partial charge on any atom is -0.143 e. The maximum atomic E-state index is 4.28. The van der Waals surface area contributed by atoms with E-state index < -0.39 is 0 Å². The lowest BCUT2D eigenvalue weighted by Crippen LogP contribution is -1.93. The van der Waals surface area contributed by atoms with Crippen LogP contribution in [0.5, 0.6) is 0 Å². The predicted octanol–water partition coefficient (Wildman–Crippen LogP) is 6.29. The van der Waals surface area contributed by atoms with Gasteiger partial charge in [-0.25, -0.2) is 0 Å². The van der Waals surface area contributed by atoms with Gasteiger partial charge in [0.15, 0.2) is 0 Å². The number of nitrogens with zero attached hydrogens (tertiary/aromatic N) is 2. The number of aromatic nitrogens is 2. The van der Waals surface area contributed by atoms with Crippen molar-refractivity contribution in [3.63, 3.8) is 0 Å². The number of unbranched alkanes of at least 4 members (excludes halogenated alkanes) is 2. The maximum Gasteiger partial charge on any atom is 0.147 e. The van der Waals surface area contributed by atoms with E-state index in [1.165, 1.54) is 47.9 Å². The average molecular weight is 365 g/mol. The summed E-state index contributed by atoms with van der Waals surface area (Å²) in [6, 6.07) is 18.0. The molecule has 0 unspecified atom stereocenters. The van der Waals surface area contributed by atoms with Gasteiger partial charge in [0.1, 0.15) is 10.0 Å². The molecular weight excluding hydrogens is 336 g/mol. The molecule has 0 atom stereocenters. The topological polar surface area (TPSA) is 25.8 Å². The van der Waals surface area contributed by atoms with E-state index in [9.17, 15) is 0 Å². The third-order valence-corrected chi connectivity index (χ3v) is 5.88. The van der Waals surface area contributed by atoms with Gasteiger partial charge in [0.25, 0.3) is 0 Å². The minimum atomic E-state index is 0.952. The smallest absolute Gasteiger partial charge is 0.143 e. The third-order valence-electron chi connectivity index (χ3n) is 4.76. The standard InChI is InChI=1S/C23H28N2S/c1-3-5-6-7-18-8-10-19(11-9-18)12-13-20-14-16-21(17-15-20)23-25-24-22(4-2)26-23/h8-11,14-17H,3-7,12-13H2,1-2H3. The van der Waals surface area contributed by atoms with E-state index >= 15 is 0 Å². The predicted molar refractivity (Wildman–Crippen MR) is 112 cm³/mol. The van der Waals surface area contributed by atoms with Crippen LogP contribution in [0.2, 0.25) is 0 Å². The molecule has 0 amide bonds. The fourth-order valence-corrected chi connectivity index (χ4v) is 3.85. The van der Waals surface area contributed by atoms with Crippen LogP contribution in [-0.2, 0) is 25.7 Å². The Morgan fingerprint density at radius 2 is 1.27 bits per heavy atom. The number of hydrogen-bond acceptors (Lipinski definition) is 3. The molecule has 136 valence electrons. The van der Waals surface area contributed by atoms with Crippen LogP contribution in [0.3, 0.4) is 0 Å². The summed E-state index contributed by atoms with van der Waals surface area (Å²) < 4.78 is 0. The van der Waals surface area contributed by atoms with Crippen molar-refractivity contribution in [2.24, 2.45) is 0 Å². The summed E-state index contributed by atoms with van der Waals surface area (Å²) >= 11 is 1.69. The molecule has 0 aliphatic heterocycles. The zero-order valence-corrected chi connectivity index (χ0v) is 16.7. The summed E-state index contributed by atoms with van der Waals surface area (Å²) in [5.41, 5.74) is 5.43. The van der Waals surface area contributed by atoms with E-state index in [-0.39, 0.29) is 0 Å². The van der Waals surface area contributed by atoms with Crippen LogP contribution in [0.25, 0.3) is 10.6 Å². The molecule has 0 spiro atoms. The van der Waals surface area contributed by atoms with Crippen molar-refractivity contribution < 1.29 is 0 Å². The monoisotopic (exact) mass is 364 g/mol. The van der Waals surface area contributed by atoms with Crippen molar-refractivity contribution in [1.29, 1.82) is 0 Å². The summed E-state index contributed by atoms with van der Waals surface area (Å²) in [5.74, 6) is 0. The second-order valence-electron chi connectivity index (χ2n) is 6.83. The second-order valence-corrected chi connectivity index (χ2v) is 7.89. The molecule has 3 heteroatoms. The first-order valence-corrected chi connectivity index (χ1v) is 10.6. The van der Waals surface area contributed by atoms with E-state index in [1.54, 1.807) is 11.3 Å². The Morgan fingerprint density at radius 1 is 0.692 bits per heavy atom. The molecule has 1 heterocycles. The molecule has 3 aromatic rings. The molecule has 0 saturated carbocycles. The van der Waals surface area contributed by atoms with Crippen molar-refractivity contribution in [2.45, 2.75) is 58.8 Å². The third kappa shape index (κ3) is 5.25. The lowest BCUT2D eigenvalue weighted by molar-refractivity contribution is 0.717. The molecule has 26 heavy (non-hydrogen) atoms. The summed E-state index contributed by atoms with van der Waals surface area (Å²) in [4.78, 5) is 0. The van der Waals surface area contributed by atoms with E-state index in [1.807, 2.05) is 0 Å². The number of hydrogen-bond donors (Lipinski definition) is 0.